The quantitative estimate of drug-likeness (QED) is 0.891. The minimum atomic E-state index is -0.856. The van der Waals surface area contributed by atoms with Gasteiger partial charge in [0.25, 0.3) is 5.91 Å². The summed E-state index contributed by atoms with van der Waals surface area (Å²) in [5.74, 6) is -2.03. The zero-order valence-corrected chi connectivity index (χ0v) is 14.1. The Labute approximate surface area is 146 Å². The number of halogens is 2. The lowest BCUT2D eigenvalue weighted by molar-refractivity contribution is 0.0757. The highest BCUT2D eigenvalue weighted by atomic mass is 19.1. The van der Waals surface area contributed by atoms with E-state index in [1.165, 1.54) is 11.0 Å². The van der Waals surface area contributed by atoms with Gasteiger partial charge in [-0.15, -0.1) is 0 Å². The molecule has 1 heterocycles. The van der Waals surface area contributed by atoms with Crippen molar-refractivity contribution in [3.8, 4) is 0 Å². The fourth-order valence-corrected chi connectivity index (χ4v) is 3.49. The van der Waals surface area contributed by atoms with Crippen LogP contribution in [0.5, 0.6) is 0 Å². The zero-order valence-electron chi connectivity index (χ0n) is 14.1. The molecule has 0 unspecified atom stereocenters. The van der Waals surface area contributed by atoms with Crippen molar-refractivity contribution >= 4 is 11.9 Å². The van der Waals surface area contributed by atoms with E-state index in [4.69, 9.17) is 0 Å². The van der Waals surface area contributed by atoms with Gasteiger partial charge in [0.1, 0.15) is 11.6 Å². The topological polar surface area (TPSA) is 52.7 Å². The number of urea groups is 1. The van der Waals surface area contributed by atoms with Crippen LogP contribution in [0.4, 0.5) is 13.6 Å². The second-order valence-corrected chi connectivity index (χ2v) is 6.69. The number of hydrogen-bond donors (Lipinski definition) is 1. The van der Waals surface area contributed by atoms with Gasteiger partial charge in [0.05, 0.1) is 5.56 Å². The fourth-order valence-electron chi connectivity index (χ4n) is 3.49. The second kappa shape index (κ2) is 7.80. The van der Waals surface area contributed by atoms with Crippen LogP contribution in [-0.2, 0) is 0 Å². The molecule has 1 saturated carbocycles. The smallest absolute Gasteiger partial charge is 0.317 e. The van der Waals surface area contributed by atoms with Crippen LogP contribution in [-0.4, -0.2) is 54.0 Å². The highest BCUT2D eigenvalue weighted by Gasteiger charge is 2.26. The van der Waals surface area contributed by atoms with Crippen LogP contribution in [0.1, 0.15) is 42.5 Å². The van der Waals surface area contributed by atoms with Gasteiger partial charge < -0.3 is 15.1 Å². The Morgan fingerprint density at radius 3 is 2.36 bits per heavy atom. The van der Waals surface area contributed by atoms with E-state index >= 15 is 0 Å². The third kappa shape index (κ3) is 4.27. The van der Waals surface area contributed by atoms with Crippen molar-refractivity contribution in [3.63, 3.8) is 0 Å². The summed E-state index contributed by atoms with van der Waals surface area (Å²) in [6.07, 6.45) is 4.97. The molecule has 0 bridgehead atoms. The molecule has 0 atom stereocenters. The maximum atomic E-state index is 13.8. The van der Waals surface area contributed by atoms with Crippen LogP contribution in [0, 0.1) is 11.6 Å². The average Bonchev–Trinajstić information content (AvgIpc) is 2.95. The van der Waals surface area contributed by atoms with Crippen molar-refractivity contribution in [2.75, 3.05) is 26.2 Å². The van der Waals surface area contributed by atoms with E-state index in [-0.39, 0.29) is 17.6 Å². The van der Waals surface area contributed by atoms with E-state index < -0.39 is 17.5 Å². The molecule has 3 amide bonds. The Morgan fingerprint density at radius 2 is 1.64 bits per heavy atom. The van der Waals surface area contributed by atoms with Gasteiger partial charge in [-0.2, -0.15) is 0 Å². The number of hydrogen-bond acceptors (Lipinski definition) is 2. The van der Waals surface area contributed by atoms with E-state index in [1.54, 1.807) is 4.90 Å². The molecular formula is C18H23F2N3O2. The van der Waals surface area contributed by atoms with Crippen LogP contribution in [0.2, 0.25) is 0 Å². The van der Waals surface area contributed by atoms with Gasteiger partial charge in [-0.1, -0.05) is 12.8 Å². The summed E-state index contributed by atoms with van der Waals surface area (Å²) >= 11 is 0. The van der Waals surface area contributed by atoms with Gasteiger partial charge in [-0.05, 0) is 31.4 Å². The van der Waals surface area contributed by atoms with Gasteiger partial charge in [-0.3, -0.25) is 4.79 Å². The molecule has 1 aliphatic heterocycles. The Bertz CT molecular complexity index is 647. The summed E-state index contributed by atoms with van der Waals surface area (Å²) in [7, 11) is 0. The van der Waals surface area contributed by atoms with Gasteiger partial charge in [0.15, 0.2) is 0 Å². The molecule has 0 spiro atoms. The van der Waals surface area contributed by atoms with Gasteiger partial charge >= 0.3 is 6.03 Å². The van der Waals surface area contributed by atoms with Crippen molar-refractivity contribution < 1.29 is 18.4 Å². The number of rotatable bonds is 2. The molecule has 5 nitrogen and oxygen atoms in total. The molecule has 136 valence electrons. The lowest BCUT2D eigenvalue weighted by atomic mass is 10.1. The number of nitrogens with one attached hydrogen (secondary N) is 1. The number of benzene rings is 1. The van der Waals surface area contributed by atoms with Gasteiger partial charge in [-0.25, -0.2) is 13.6 Å². The van der Waals surface area contributed by atoms with Crippen LogP contribution in [0.15, 0.2) is 18.2 Å². The SMILES string of the molecule is O=C(NC1CCCC1)N1CCCN(C(=O)c2ccc(F)cc2F)CC1. The zero-order chi connectivity index (χ0) is 17.8. The van der Waals surface area contributed by atoms with Crippen molar-refractivity contribution in [1.82, 2.24) is 15.1 Å². The molecule has 7 heteroatoms. The monoisotopic (exact) mass is 351 g/mol. The third-order valence-electron chi connectivity index (χ3n) is 4.91. The minimum absolute atomic E-state index is 0.0887. The standard InChI is InChI=1S/C18H23F2N3O2/c19-13-6-7-15(16(20)12-13)17(24)22-8-3-9-23(11-10-22)18(25)21-14-4-1-2-5-14/h6-7,12,14H,1-5,8-11H2,(H,21,25). The van der Waals surface area contributed by atoms with E-state index in [9.17, 15) is 18.4 Å². The summed E-state index contributed by atoms with van der Waals surface area (Å²) in [5, 5.41) is 3.05. The minimum Gasteiger partial charge on any atom is -0.337 e. The first-order valence-electron chi connectivity index (χ1n) is 8.84. The average molecular weight is 351 g/mol. The summed E-state index contributed by atoms with van der Waals surface area (Å²) in [4.78, 5) is 28.1. The molecule has 1 aromatic carbocycles. The molecule has 2 fully saturated rings. The molecule has 0 aromatic heterocycles. The Hall–Kier alpha value is -2.18. The van der Waals surface area contributed by atoms with Gasteiger partial charge in [0.2, 0.25) is 0 Å². The molecule has 1 saturated heterocycles. The first kappa shape index (κ1) is 17.6. The third-order valence-corrected chi connectivity index (χ3v) is 4.91. The summed E-state index contributed by atoms with van der Waals surface area (Å²) in [5.41, 5.74) is -0.134. The lowest BCUT2D eigenvalue weighted by Gasteiger charge is -2.24. The van der Waals surface area contributed by atoms with Crippen molar-refractivity contribution in [2.24, 2.45) is 0 Å². The molecule has 1 aromatic rings. The maximum absolute atomic E-state index is 13.8. The predicted octanol–water partition coefficient (Wildman–Crippen LogP) is 2.76. The van der Waals surface area contributed by atoms with Crippen molar-refractivity contribution in [2.45, 2.75) is 38.1 Å². The Kier molecular flexibility index (Phi) is 5.50. The molecule has 1 aliphatic carbocycles. The second-order valence-electron chi connectivity index (χ2n) is 6.69. The van der Waals surface area contributed by atoms with Crippen LogP contribution in [0.25, 0.3) is 0 Å². The molecule has 0 radical (unpaired) electrons. The van der Waals surface area contributed by atoms with E-state index in [0.29, 0.717) is 38.7 Å². The predicted molar refractivity (Wildman–Crippen MR) is 89.2 cm³/mol. The maximum Gasteiger partial charge on any atom is 0.317 e. The number of carbonyl (C=O) groups is 2. The Balaban J connectivity index is 1.59. The largest absolute Gasteiger partial charge is 0.337 e. The molecule has 25 heavy (non-hydrogen) atoms. The van der Waals surface area contributed by atoms with Crippen molar-refractivity contribution in [3.05, 3.63) is 35.4 Å². The molecule has 2 aliphatic rings. The van der Waals surface area contributed by atoms with Crippen molar-refractivity contribution in [1.29, 1.82) is 0 Å². The van der Waals surface area contributed by atoms with Gasteiger partial charge in [0, 0.05) is 38.3 Å². The first-order chi connectivity index (χ1) is 12.0. The highest BCUT2D eigenvalue weighted by Crippen LogP contribution is 2.18. The highest BCUT2D eigenvalue weighted by molar-refractivity contribution is 5.94. The number of carbonyl (C=O) groups excluding carboxylic acids is 2. The molecule has 1 N–H and O–H groups in total. The summed E-state index contributed by atoms with van der Waals surface area (Å²) in [6, 6.07) is 3.13. The first-order valence-corrected chi connectivity index (χ1v) is 8.84. The number of amides is 3. The van der Waals surface area contributed by atoms with Crippen LogP contribution in [0.3, 0.4) is 0 Å². The van der Waals surface area contributed by atoms with E-state index in [2.05, 4.69) is 5.32 Å². The molecule has 3 rings (SSSR count). The van der Waals surface area contributed by atoms with Crippen LogP contribution >= 0.6 is 0 Å². The summed E-state index contributed by atoms with van der Waals surface area (Å²) < 4.78 is 26.8. The Morgan fingerprint density at radius 1 is 0.960 bits per heavy atom. The van der Waals surface area contributed by atoms with Crippen LogP contribution < -0.4 is 5.32 Å². The van der Waals surface area contributed by atoms with E-state index in [1.807, 2.05) is 0 Å². The molecular weight excluding hydrogens is 328 g/mol. The number of nitrogens with zero attached hydrogens (tertiary/aromatic N) is 2. The summed E-state index contributed by atoms with van der Waals surface area (Å²) in [6.45, 7) is 1.76. The fraction of sp³-hybridized carbons (Fsp3) is 0.556. The lowest BCUT2D eigenvalue weighted by Crippen LogP contribution is -2.45. The normalized spacial score (nSPS) is 19.0. The van der Waals surface area contributed by atoms with E-state index in [0.717, 1.165) is 31.7 Å².